The van der Waals surface area contributed by atoms with Crippen molar-refractivity contribution in [3.05, 3.63) is 60.2 Å². The van der Waals surface area contributed by atoms with E-state index in [-0.39, 0.29) is 0 Å². The standard InChI is InChI=1S/C20H27N3O2/c1-3-21-20(23-16-17-10-12-18(24-2)13-11-17)22-14-7-15-25-19-8-5-4-6-9-19/h4-6,8-13H,3,7,14-16H2,1-2H3,(H2,21,22,23). The first-order valence-electron chi connectivity index (χ1n) is 8.64. The Morgan fingerprint density at radius 1 is 0.960 bits per heavy atom. The third kappa shape index (κ3) is 7.16. The molecular formula is C20H27N3O2. The lowest BCUT2D eigenvalue weighted by Crippen LogP contribution is -2.38. The summed E-state index contributed by atoms with van der Waals surface area (Å²) < 4.78 is 10.9. The molecular weight excluding hydrogens is 314 g/mol. The van der Waals surface area contributed by atoms with Gasteiger partial charge in [0.05, 0.1) is 20.3 Å². The van der Waals surface area contributed by atoms with Gasteiger partial charge in [0.2, 0.25) is 0 Å². The summed E-state index contributed by atoms with van der Waals surface area (Å²) in [5.41, 5.74) is 1.14. The maximum Gasteiger partial charge on any atom is 0.191 e. The van der Waals surface area contributed by atoms with E-state index in [1.165, 1.54) is 0 Å². The van der Waals surface area contributed by atoms with Crippen LogP contribution < -0.4 is 20.1 Å². The minimum atomic E-state index is 0.625. The zero-order chi connectivity index (χ0) is 17.7. The molecule has 2 rings (SSSR count). The largest absolute Gasteiger partial charge is 0.497 e. The van der Waals surface area contributed by atoms with E-state index in [0.29, 0.717) is 13.2 Å². The normalized spacial score (nSPS) is 11.0. The molecule has 0 aromatic heterocycles. The van der Waals surface area contributed by atoms with Gasteiger partial charge in [-0.15, -0.1) is 0 Å². The number of rotatable bonds is 9. The number of aliphatic imine (C=N–C) groups is 1. The first-order valence-corrected chi connectivity index (χ1v) is 8.64. The molecule has 2 aromatic rings. The quantitative estimate of drug-likeness (QED) is 0.418. The third-order valence-corrected chi connectivity index (χ3v) is 3.55. The predicted octanol–water partition coefficient (Wildman–Crippen LogP) is 3.22. The van der Waals surface area contributed by atoms with Crippen LogP contribution in [0.1, 0.15) is 18.9 Å². The van der Waals surface area contributed by atoms with Gasteiger partial charge < -0.3 is 20.1 Å². The van der Waals surface area contributed by atoms with Gasteiger partial charge in [0, 0.05) is 13.1 Å². The van der Waals surface area contributed by atoms with E-state index in [9.17, 15) is 0 Å². The Labute approximate surface area is 150 Å². The number of para-hydroxylation sites is 1. The Balaban J connectivity index is 1.73. The number of ether oxygens (including phenoxy) is 2. The zero-order valence-corrected chi connectivity index (χ0v) is 15.0. The molecule has 0 radical (unpaired) electrons. The van der Waals surface area contributed by atoms with Crippen LogP contribution in [0.25, 0.3) is 0 Å². The van der Waals surface area contributed by atoms with E-state index in [4.69, 9.17) is 9.47 Å². The molecule has 2 N–H and O–H groups in total. The van der Waals surface area contributed by atoms with Crippen molar-refractivity contribution in [1.29, 1.82) is 0 Å². The molecule has 2 aromatic carbocycles. The van der Waals surface area contributed by atoms with E-state index in [0.717, 1.165) is 42.5 Å². The highest BCUT2D eigenvalue weighted by atomic mass is 16.5. The van der Waals surface area contributed by atoms with Crippen LogP contribution in [0.2, 0.25) is 0 Å². The van der Waals surface area contributed by atoms with Gasteiger partial charge in [0.15, 0.2) is 5.96 Å². The second-order valence-electron chi connectivity index (χ2n) is 5.49. The molecule has 0 amide bonds. The number of hydrogen-bond donors (Lipinski definition) is 2. The highest BCUT2D eigenvalue weighted by molar-refractivity contribution is 5.79. The molecule has 0 spiro atoms. The summed E-state index contributed by atoms with van der Waals surface area (Å²) in [5, 5.41) is 6.59. The van der Waals surface area contributed by atoms with Crippen molar-refractivity contribution < 1.29 is 9.47 Å². The Kier molecular flexibility index (Phi) is 8.18. The molecule has 25 heavy (non-hydrogen) atoms. The van der Waals surface area contributed by atoms with Gasteiger partial charge in [-0.05, 0) is 43.2 Å². The van der Waals surface area contributed by atoms with Crippen molar-refractivity contribution in [2.24, 2.45) is 4.99 Å². The summed E-state index contributed by atoms with van der Waals surface area (Å²) >= 11 is 0. The Bertz CT molecular complexity index is 627. The lowest BCUT2D eigenvalue weighted by atomic mass is 10.2. The smallest absolute Gasteiger partial charge is 0.191 e. The Morgan fingerprint density at radius 3 is 2.40 bits per heavy atom. The maximum absolute atomic E-state index is 5.69. The molecule has 5 heteroatoms. The van der Waals surface area contributed by atoms with Crippen molar-refractivity contribution in [3.63, 3.8) is 0 Å². The number of nitrogens with one attached hydrogen (secondary N) is 2. The molecule has 0 bridgehead atoms. The van der Waals surface area contributed by atoms with Gasteiger partial charge >= 0.3 is 0 Å². The minimum absolute atomic E-state index is 0.625. The molecule has 0 heterocycles. The maximum atomic E-state index is 5.69. The molecule has 0 aliphatic rings. The second-order valence-corrected chi connectivity index (χ2v) is 5.49. The fourth-order valence-electron chi connectivity index (χ4n) is 2.23. The van der Waals surface area contributed by atoms with Crippen molar-refractivity contribution in [3.8, 4) is 11.5 Å². The number of methoxy groups -OCH3 is 1. The molecule has 0 unspecified atom stereocenters. The SMILES string of the molecule is CCNC(=NCc1ccc(OC)cc1)NCCCOc1ccccc1. The molecule has 0 saturated heterocycles. The van der Waals surface area contributed by atoms with Crippen molar-refractivity contribution >= 4 is 5.96 Å². The number of nitrogens with zero attached hydrogens (tertiary/aromatic N) is 1. The molecule has 134 valence electrons. The molecule has 0 fully saturated rings. The summed E-state index contributed by atoms with van der Waals surface area (Å²) in [6, 6.07) is 17.8. The van der Waals surface area contributed by atoms with Gasteiger partial charge in [-0.3, -0.25) is 0 Å². The first-order chi connectivity index (χ1) is 12.3. The Hall–Kier alpha value is -2.69. The predicted molar refractivity (Wildman–Crippen MR) is 102 cm³/mol. The minimum Gasteiger partial charge on any atom is -0.497 e. The van der Waals surface area contributed by atoms with Crippen LogP contribution in [0.4, 0.5) is 0 Å². The molecule has 0 saturated carbocycles. The first kappa shape index (κ1) is 18.6. The fraction of sp³-hybridized carbons (Fsp3) is 0.350. The topological polar surface area (TPSA) is 54.9 Å². The lowest BCUT2D eigenvalue weighted by molar-refractivity contribution is 0.311. The van der Waals surface area contributed by atoms with E-state index in [2.05, 4.69) is 22.5 Å². The van der Waals surface area contributed by atoms with Crippen LogP contribution in [0, 0.1) is 0 Å². The van der Waals surface area contributed by atoms with Crippen molar-refractivity contribution in [1.82, 2.24) is 10.6 Å². The monoisotopic (exact) mass is 341 g/mol. The van der Waals surface area contributed by atoms with E-state index in [1.807, 2.05) is 54.6 Å². The van der Waals surface area contributed by atoms with Gasteiger partial charge in [-0.25, -0.2) is 4.99 Å². The average molecular weight is 341 g/mol. The zero-order valence-electron chi connectivity index (χ0n) is 15.0. The van der Waals surface area contributed by atoms with Crippen LogP contribution in [0.3, 0.4) is 0 Å². The van der Waals surface area contributed by atoms with Gasteiger partial charge in [-0.1, -0.05) is 30.3 Å². The van der Waals surface area contributed by atoms with E-state index >= 15 is 0 Å². The summed E-state index contributed by atoms with van der Waals surface area (Å²) in [5.74, 6) is 2.58. The molecule has 0 aliphatic heterocycles. The van der Waals surface area contributed by atoms with Crippen LogP contribution in [0.5, 0.6) is 11.5 Å². The van der Waals surface area contributed by atoms with Crippen LogP contribution in [-0.2, 0) is 6.54 Å². The number of guanidine groups is 1. The van der Waals surface area contributed by atoms with Crippen LogP contribution in [-0.4, -0.2) is 32.8 Å². The van der Waals surface area contributed by atoms with Crippen molar-refractivity contribution in [2.45, 2.75) is 19.9 Å². The average Bonchev–Trinajstić information content (AvgIpc) is 2.67. The summed E-state index contributed by atoms with van der Waals surface area (Å²) in [6.45, 7) is 4.99. The number of benzene rings is 2. The van der Waals surface area contributed by atoms with E-state index < -0.39 is 0 Å². The second kappa shape index (κ2) is 11.0. The highest BCUT2D eigenvalue weighted by Gasteiger charge is 1.99. The summed E-state index contributed by atoms with van der Waals surface area (Å²) in [7, 11) is 1.67. The van der Waals surface area contributed by atoms with Crippen LogP contribution in [0.15, 0.2) is 59.6 Å². The fourth-order valence-corrected chi connectivity index (χ4v) is 2.23. The van der Waals surface area contributed by atoms with Gasteiger partial charge in [0.1, 0.15) is 11.5 Å². The summed E-state index contributed by atoms with van der Waals surface area (Å²) in [4.78, 5) is 4.61. The number of hydrogen-bond acceptors (Lipinski definition) is 3. The van der Waals surface area contributed by atoms with Gasteiger partial charge in [0.25, 0.3) is 0 Å². The molecule has 0 atom stereocenters. The summed E-state index contributed by atoms with van der Waals surface area (Å²) in [6.07, 6.45) is 0.905. The van der Waals surface area contributed by atoms with Gasteiger partial charge in [-0.2, -0.15) is 0 Å². The van der Waals surface area contributed by atoms with Crippen LogP contribution >= 0.6 is 0 Å². The third-order valence-electron chi connectivity index (χ3n) is 3.55. The van der Waals surface area contributed by atoms with Crippen molar-refractivity contribution in [2.75, 3.05) is 26.8 Å². The Morgan fingerprint density at radius 2 is 1.72 bits per heavy atom. The lowest BCUT2D eigenvalue weighted by Gasteiger charge is -2.12. The molecule has 5 nitrogen and oxygen atoms in total. The van der Waals surface area contributed by atoms with E-state index in [1.54, 1.807) is 7.11 Å². The highest BCUT2D eigenvalue weighted by Crippen LogP contribution is 2.11. The molecule has 0 aliphatic carbocycles.